The number of halogens is 1. The molecule has 0 aliphatic heterocycles. The second-order valence-corrected chi connectivity index (χ2v) is 5.54. The number of hydrogen-bond donors (Lipinski definition) is 2. The van der Waals surface area contributed by atoms with E-state index in [4.69, 9.17) is 15.7 Å². The monoisotopic (exact) mass is 346 g/mol. The molecule has 5 nitrogen and oxygen atoms in total. The number of pyridine rings is 1. The summed E-state index contributed by atoms with van der Waals surface area (Å²) in [7, 11) is 0. The van der Waals surface area contributed by atoms with E-state index in [-0.39, 0.29) is 6.10 Å². The van der Waals surface area contributed by atoms with Crippen LogP contribution in [-0.2, 0) is 0 Å². The standard InChI is InChI=1S/C15H15BrN4O/c1-9(2)21-15-12(18)4-6-14(20-15)19-13-5-3-10(8-17)7-11(13)16/h3-7,9H,18H2,1-2H3,(H,19,20). The third-order valence-corrected chi connectivity index (χ3v) is 3.25. The van der Waals surface area contributed by atoms with Crippen LogP contribution in [0.15, 0.2) is 34.8 Å². The molecule has 2 aromatic rings. The van der Waals surface area contributed by atoms with E-state index in [0.29, 0.717) is 22.9 Å². The number of aromatic nitrogens is 1. The first-order valence-electron chi connectivity index (χ1n) is 6.39. The van der Waals surface area contributed by atoms with E-state index < -0.39 is 0 Å². The lowest BCUT2D eigenvalue weighted by Crippen LogP contribution is -2.09. The summed E-state index contributed by atoms with van der Waals surface area (Å²) >= 11 is 3.42. The van der Waals surface area contributed by atoms with Crippen LogP contribution in [0.1, 0.15) is 19.4 Å². The van der Waals surface area contributed by atoms with Gasteiger partial charge in [0.1, 0.15) is 5.82 Å². The summed E-state index contributed by atoms with van der Waals surface area (Å²) in [4.78, 5) is 4.35. The van der Waals surface area contributed by atoms with Crippen molar-refractivity contribution in [3.8, 4) is 11.9 Å². The van der Waals surface area contributed by atoms with Crippen LogP contribution >= 0.6 is 15.9 Å². The van der Waals surface area contributed by atoms with Crippen molar-refractivity contribution >= 4 is 33.1 Å². The smallest absolute Gasteiger partial charge is 0.239 e. The molecule has 0 saturated carbocycles. The molecule has 1 aromatic carbocycles. The Bertz CT molecular complexity index is 695. The quantitative estimate of drug-likeness (QED) is 0.878. The van der Waals surface area contributed by atoms with E-state index in [0.717, 1.165) is 10.2 Å². The average molecular weight is 347 g/mol. The van der Waals surface area contributed by atoms with E-state index >= 15 is 0 Å². The van der Waals surface area contributed by atoms with Gasteiger partial charge in [0.05, 0.1) is 29.1 Å². The van der Waals surface area contributed by atoms with Crippen molar-refractivity contribution in [2.75, 3.05) is 11.1 Å². The zero-order valence-electron chi connectivity index (χ0n) is 11.7. The zero-order chi connectivity index (χ0) is 15.4. The van der Waals surface area contributed by atoms with Gasteiger partial charge in [0, 0.05) is 4.47 Å². The number of benzene rings is 1. The molecule has 0 unspecified atom stereocenters. The molecular weight excluding hydrogens is 332 g/mol. The number of anilines is 3. The SMILES string of the molecule is CC(C)Oc1nc(Nc2ccc(C#N)cc2Br)ccc1N. The maximum absolute atomic E-state index is 8.86. The lowest BCUT2D eigenvalue weighted by Gasteiger charge is -2.13. The predicted molar refractivity (Wildman–Crippen MR) is 86.6 cm³/mol. The summed E-state index contributed by atoms with van der Waals surface area (Å²) in [6, 6.07) is 10.9. The van der Waals surface area contributed by atoms with Crippen molar-refractivity contribution in [3.63, 3.8) is 0 Å². The Morgan fingerprint density at radius 3 is 2.71 bits per heavy atom. The number of hydrogen-bond acceptors (Lipinski definition) is 5. The number of ether oxygens (including phenoxy) is 1. The number of rotatable bonds is 4. The molecule has 0 aliphatic rings. The molecule has 6 heteroatoms. The van der Waals surface area contributed by atoms with Crippen molar-refractivity contribution in [2.24, 2.45) is 0 Å². The van der Waals surface area contributed by atoms with E-state index in [1.165, 1.54) is 0 Å². The fourth-order valence-corrected chi connectivity index (χ4v) is 2.14. The summed E-state index contributed by atoms with van der Waals surface area (Å²) in [5, 5.41) is 12.0. The van der Waals surface area contributed by atoms with E-state index in [2.05, 4.69) is 32.3 Å². The van der Waals surface area contributed by atoms with Gasteiger partial charge in [0.2, 0.25) is 5.88 Å². The van der Waals surface area contributed by atoms with Crippen molar-refractivity contribution < 1.29 is 4.74 Å². The highest BCUT2D eigenvalue weighted by atomic mass is 79.9. The first-order chi connectivity index (χ1) is 9.99. The predicted octanol–water partition coefficient (Wildman–Crippen LogP) is 3.83. The molecule has 0 aliphatic carbocycles. The number of nitrogens with one attached hydrogen (secondary N) is 1. The van der Waals surface area contributed by atoms with Crippen molar-refractivity contribution in [2.45, 2.75) is 20.0 Å². The van der Waals surface area contributed by atoms with Crippen molar-refractivity contribution in [1.82, 2.24) is 4.98 Å². The number of nitriles is 1. The van der Waals surface area contributed by atoms with Gasteiger partial charge >= 0.3 is 0 Å². The van der Waals surface area contributed by atoms with Crippen molar-refractivity contribution in [3.05, 3.63) is 40.4 Å². The fraction of sp³-hybridized carbons (Fsp3) is 0.200. The molecule has 1 aromatic heterocycles. The Balaban J connectivity index is 2.26. The van der Waals surface area contributed by atoms with Gasteiger partial charge in [0.25, 0.3) is 0 Å². The maximum atomic E-state index is 8.86. The minimum atomic E-state index is -0.00306. The summed E-state index contributed by atoms with van der Waals surface area (Å²) < 4.78 is 6.34. The Morgan fingerprint density at radius 1 is 1.33 bits per heavy atom. The normalized spacial score (nSPS) is 10.2. The minimum Gasteiger partial charge on any atom is -0.473 e. The van der Waals surface area contributed by atoms with Crippen LogP contribution in [0.2, 0.25) is 0 Å². The van der Waals surface area contributed by atoms with Gasteiger partial charge in [-0.2, -0.15) is 10.2 Å². The molecular formula is C15H15BrN4O. The molecule has 0 atom stereocenters. The molecule has 0 radical (unpaired) electrons. The average Bonchev–Trinajstić information content (AvgIpc) is 2.44. The number of nitrogens with zero attached hydrogens (tertiary/aromatic N) is 2. The maximum Gasteiger partial charge on any atom is 0.239 e. The highest BCUT2D eigenvalue weighted by molar-refractivity contribution is 9.10. The minimum absolute atomic E-state index is 0.00306. The Hall–Kier alpha value is -2.26. The molecule has 0 spiro atoms. The molecule has 0 bridgehead atoms. The summed E-state index contributed by atoms with van der Waals surface area (Å²) in [5.74, 6) is 1.02. The molecule has 108 valence electrons. The number of nitrogens with two attached hydrogens (primary N) is 1. The zero-order valence-corrected chi connectivity index (χ0v) is 13.3. The number of nitrogen functional groups attached to an aromatic ring is 1. The van der Waals surface area contributed by atoms with Crippen LogP contribution in [0.25, 0.3) is 0 Å². The second-order valence-electron chi connectivity index (χ2n) is 4.69. The highest BCUT2D eigenvalue weighted by Gasteiger charge is 2.08. The third-order valence-electron chi connectivity index (χ3n) is 2.60. The van der Waals surface area contributed by atoms with Crippen LogP contribution in [0.3, 0.4) is 0 Å². The molecule has 2 rings (SSSR count). The summed E-state index contributed by atoms with van der Waals surface area (Å²) in [5.41, 5.74) is 7.72. The molecule has 0 saturated heterocycles. The van der Waals surface area contributed by atoms with Crippen LogP contribution in [-0.4, -0.2) is 11.1 Å². The second kappa shape index (κ2) is 6.46. The summed E-state index contributed by atoms with van der Waals surface area (Å²) in [6.07, 6.45) is -0.00306. The lowest BCUT2D eigenvalue weighted by atomic mass is 10.2. The van der Waals surface area contributed by atoms with Gasteiger partial charge in [-0.15, -0.1) is 0 Å². The van der Waals surface area contributed by atoms with E-state index in [9.17, 15) is 0 Å². The van der Waals surface area contributed by atoms with Gasteiger partial charge in [-0.3, -0.25) is 0 Å². The molecule has 0 amide bonds. The van der Waals surface area contributed by atoms with Crippen LogP contribution in [0.4, 0.5) is 17.2 Å². The Labute approximate surface area is 131 Å². The van der Waals surface area contributed by atoms with E-state index in [1.54, 1.807) is 24.3 Å². The van der Waals surface area contributed by atoms with Gasteiger partial charge in [0.15, 0.2) is 0 Å². The van der Waals surface area contributed by atoms with Gasteiger partial charge in [-0.25, -0.2) is 0 Å². The molecule has 0 fully saturated rings. The van der Waals surface area contributed by atoms with Gasteiger partial charge < -0.3 is 15.8 Å². The lowest BCUT2D eigenvalue weighted by molar-refractivity contribution is 0.234. The molecule has 21 heavy (non-hydrogen) atoms. The van der Waals surface area contributed by atoms with Crippen molar-refractivity contribution in [1.29, 1.82) is 5.26 Å². The molecule has 1 heterocycles. The third kappa shape index (κ3) is 3.86. The van der Waals surface area contributed by atoms with Gasteiger partial charge in [-0.05, 0) is 60.1 Å². The Kier molecular flexibility index (Phi) is 4.66. The molecule has 3 N–H and O–H groups in total. The fourth-order valence-electron chi connectivity index (χ4n) is 1.66. The van der Waals surface area contributed by atoms with Crippen LogP contribution < -0.4 is 15.8 Å². The van der Waals surface area contributed by atoms with Gasteiger partial charge in [-0.1, -0.05) is 0 Å². The first kappa shape index (κ1) is 15.1. The van der Waals surface area contributed by atoms with Crippen LogP contribution in [0.5, 0.6) is 5.88 Å². The van der Waals surface area contributed by atoms with E-state index in [1.807, 2.05) is 19.9 Å². The topological polar surface area (TPSA) is 84.0 Å². The van der Waals surface area contributed by atoms with Crippen LogP contribution in [0, 0.1) is 11.3 Å². The summed E-state index contributed by atoms with van der Waals surface area (Å²) in [6.45, 7) is 3.83. The highest BCUT2D eigenvalue weighted by Crippen LogP contribution is 2.28. The largest absolute Gasteiger partial charge is 0.473 e. The first-order valence-corrected chi connectivity index (χ1v) is 7.18. The Morgan fingerprint density at radius 2 is 2.10 bits per heavy atom.